The van der Waals surface area contributed by atoms with Gasteiger partial charge in [0.25, 0.3) is 0 Å². The predicted molar refractivity (Wildman–Crippen MR) is 105 cm³/mol. The zero-order valence-corrected chi connectivity index (χ0v) is 15.8. The SMILES string of the molecule is CC(C)P(/C=C/P(c1ccccc1)c1ccccc1)C(C)C. The summed E-state index contributed by atoms with van der Waals surface area (Å²) in [6.45, 7) is 9.40. The van der Waals surface area contributed by atoms with Crippen LogP contribution in [0.1, 0.15) is 27.7 Å². The predicted octanol–water partition coefficient (Wildman–Crippen LogP) is 5.89. The second kappa shape index (κ2) is 8.61. The molecule has 0 aliphatic heterocycles. The highest BCUT2D eigenvalue weighted by Crippen LogP contribution is 2.50. The van der Waals surface area contributed by atoms with E-state index < -0.39 is 7.92 Å². The maximum Gasteiger partial charge on any atom is -0.0157 e. The van der Waals surface area contributed by atoms with Gasteiger partial charge in [-0.15, -0.1) is 0 Å². The van der Waals surface area contributed by atoms with E-state index in [0.717, 1.165) is 11.3 Å². The smallest absolute Gasteiger partial charge is 0.0157 e. The standard InChI is InChI=1S/C20H26P2/c1-17(2)21(18(3)4)15-16-22(19-11-7-5-8-12-19)20-13-9-6-10-14-20/h5-18H,1-4H3/b16-15+. The molecule has 0 heterocycles. The fraction of sp³-hybridized carbons (Fsp3) is 0.300. The minimum absolute atomic E-state index is 0.0562. The lowest BCUT2D eigenvalue weighted by Gasteiger charge is -2.23. The molecule has 0 aliphatic rings. The van der Waals surface area contributed by atoms with Crippen LogP contribution < -0.4 is 10.6 Å². The first-order valence-corrected chi connectivity index (χ1v) is 10.9. The maximum atomic E-state index is 2.52. The first-order valence-electron chi connectivity index (χ1n) is 7.94. The van der Waals surface area contributed by atoms with E-state index in [1.807, 2.05) is 0 Å². The summed E-state index contributed by atoms with van der Waals surface area (Å²) in [5, 5.41) is 2.87. The summed E-state index contributed by atoms with van der Waals surface area (Å²) in [5.41, 5.74) is 1.49. The number of rotatable bonds is 6. The van der Waals surface area contributed by atoms with Crippen molar-refractivity contribution in [1.82, 2.24) is 0 Å². The zero-order chi connectivity index (χ0) is 15.9. The molecule has 0 unspecified atom stereocenters. The van der Waals surface area contributed by atoms with Crippen LogP contribution in [0.15, 0.2) is 72.3 Å². The van der Waals surface area contributed by atoms with Gasteiger partial charge in [-0.1, -0.05) is 108 Å². The molecule has 0 saturated carbocycles. The monoisotopic (exact) mass is 328 g/mol. The van der Waals surface area contributed by atoms with Gasteiger partial charge in [0.05, 0.1) is 0 Å². The van der Waals surface area contributed by atoms with E-state index in [1.54, 1.807) is 0 Å². The molecule has 0 N–H and O–H groups in total. The fourth-order valence-corrected chi connectivity index (χ4v) is 7.24. The van der Waals surface area contributed by atoms with Crippen LogP contribution in [0.4, 0.5) is 0 Å². The Morgan fingerprint density at radius 1 is 0.636 bits per heavy atom. The zero-order valence-electron chi connectivity index (χ0n) is 14.0. The highest BCUT2D eigenvalue weighted by molar-refractivity contribution is 7.76. The molecule has 0 amide bonds. The van der Waals surface area contributed by atoms with E-state index >= 15 is 0 Å². The molecule has 0 atom stereocenters. The van der Waals surface area contributed by atoms with Gasteiger partial charge in [-0.05, 0) is 29.8 Å². The molecule has 0 bridgehead atoms. The summed E-state index contributed by atoms with van der Waals surface area (Å²) in [4.78, 5) is 0. The molecule has 22 heavy (non-hydrogen) atoms. The molecule has 0 fully saturated rings. The average Bonchev–Trinajstić information content (AvgIpc) is 2.52. The summed E-state index contributed by atoms with van der Waals surface area (Å²) >= 11 is 0. The van der Waals surface area contributed by atoms with Crippen molar-refractivity contribution in [2.75, 3.05) is 0 Å². The summed E-state index contributed by atoms with van der Waals surface area (Å²) < 4.78 is 0. The van der Waals surface area contributed by atoms with Crippen molar-refractivity contribution in [2.24, 2.45) is 0 Å². The Kier molecular flexibility index (Phi) is 6.81. The molecule has 2 rings (SSSR count). The molecule has 0 saturated heterocycles. The third-order valence-corrected chi connectivity index (χ3v) is 8.92. The van der Waals surface area contributed by atoms with Crippen molar-refractivity contribution in [3.05, 3.63) is 72.3 Å². The Morgan fingerprint density at radius 2 is 1.05 bits per heavy atom. The van der Waals surface area contributed by atoms with Crippen LogP contribution in [0.5, 0.6) is 0 Å². The average molecular weight is 328 g/mol. The lowest BCUT2D eigenvalue weighted by molar-refractivity contribution is 1.02. The van der Waals surface area contributed by atoms with Crippen molar-refractivity contribution in [2.45, 2.75) is 39.0 Å². The quantitative estimate of drug-likeness (QED) is 0.580. The van der Waals surface area contributed by atoms with Gasteiger partial charge in [-0.2, -0.15) is 0 Å². The summed E-state index contributed by atoms with van der Waals surface area (Å²) in [6, 6.07) is 21.8. The van der Waals surface area contributed by atoms with E-state index in [0.29, 0.717) is 0 Å². The number of hydrogen-bond donors (Lipinski definition) is 0. The molecule has 0 nitrogen and oxygen atoms in total. The summed E-state index contributed by atoms with van der Waals surface area (Å²) in [5.74, 6) is 5.02. The van der Waals surface area contributed by atoms with Crippen molar-refractivity contribution in [3.63, 3.8) is 0 Å². The van der Waals surface area contributed by atoms with Crippen LogP contribution in [0.3, 0.4) is 0 Å². The Hall–Kier alpha value is -0.960. The normalized spacial score (nSPS) is 12.2. The Bertz CT molecular complexity index is 526. The summed E-state index contributed by atoms with van der Waals surface area (Å²) in [6.07, 6.45) is 0. The van der Waals surface area contributed by atoms with Gasteiger partial charge >= 0.3 is 0 Å². The van der Waals surface area contributed by atoms with E-state index in [9.17, 15) is 0 Å². The fourth-order valence-electron chi connectivity index (χ4n) is 2.58. The van der Waals surface area contributed by atoms with Crippen LogP contribution in [0.2, 0.25) is 0 Å². The van der Waals surface area contributed by atoms with E-state index in [4.69, 9.17) is 0 Å². The topological polar surface area (TPSA) is 0 Å². The maximum absolute atomic E-state index is 2.52. The van der Waals surface area contributed by atoms with Crippen molar-refractivity contribution >= 4 is 26.5 Å². The van der Waals surface area contributed by atoms with Gasteiger partial charge in [-0.3, -0.25) is 0 Å². The van der Waals surface area contributed by atoms with Crippen molar-refractivity contribution in [1.29, 1.82) is 0 Å². The highest BCUT2D eigenvalue weighted by Gasteiger charge is 2.15. The Morgan fingerprint density at radius 3 is 1.41 bits per heavy atom. The van der Waals surface area contributed by atoms with Crippen LogP contribution in [-0.2, 0) is 0 Å². The number of benzene rings is 2. The summed E-state index contributed by atoms with van der Waals surface area (Å²) in [7, 11) is -0.454. The van der Waals surface area contributed by atoms with Gasteiger partial charge in [0, 0.05) is 0 Å². The largest absolute Gasteiger partial charge is 0.0779 e. The minimum atomic E-state index is -0.397. The minimum Gasteiger partial charge on any atom is -0.0779 e. The lowest BCUT2D eigenvalue weighted by atomic mass is 10.4. The molecule has 0 radical (unpaired) electrons. The first kappa shape index (κ1) is 17.4. The highest BCUT2D eigenvalue weighted by atomic mass is 31.1. The Balaban J connectivity index is 2.34. The molecule has 0 aromatic heterocycles. The second-order valence-electron chi connectivity index (χ2n) is 5.97. The molecule has 0 spiro atoms. The molecular weight excluding hydrogens is 302 g/mol. The van der Waals surface area contributed by atoms with E-state index in [2.05, 4.69) is 100.0 Å². The first-order chi connectivity index (χ1) is 10.6. The number of hydrogen-bond acceptors (Lipinski definition) is 0. The van der Waals surface area contributed by atoms with Gasteiger partial charge in [0.15, 0.2) is 0 Å². The molecular formula is C20H26P2. The van der Waals surface area contributed by atoms with Crippen LogP contribution in [-0.4, -0.2) is 11.3 Å². The third-order valence-electron chi connectivity index (χ3n) is 3.65. The van der Waals surface area contributed by atoms with Gasteiger partial charge < -0.3 is 0 Å². The van der Waals surface area contributed by atoms with Crippen LogP contribution >= 0.6 is 15.8 Å². The van der Waals surface area contributed by atoms with Crippen LogP contribution in [0, 0.1) is 0 Å². The molecule has 2 aromatic rings. The second-order valence-corrected chi connectivity index (χ2v) is 11.3. The van der Waals surface area contributed by atoms with Crippen molar-refractivity contribution in [3.8, 4) is 0 Å². The lowest BCUT2D eigenvalue weighted by Crippen LogP contribution is -2.09. The van der Waals surface area contributed by atoms with Gasteiger partial charge in [0.1, 0.15) is 0 Å². The third kappa shape index (κ3) is 4.77. The Labute approximate surface area is 138 Å². The van der Waals surface area contributed by atoms with Crippen LogP contribution in [0.25, 0.3) is 0 Å². The van der Waals surface area contributed by atoms with Crippen molar-refractivity contribution < 1.29 is 0 Å². The molecule has 116 valence electrons. The molecule has 2 heteroatoms. The molecule has 0 aliphatic carbocycles. The van der Waals surface area contributed by atoms with Gasteiger partial charge in [0.2, 0.25) is 0 Å². The van der Waals surface area contributed by atoms with Gasteiger partial charge in [-0.25, -0.2) is 0 Å². The van der Waals surface area contributed by atoms with E-state index in [-0.39, 0.29) is 7.92 Å². The molecule has 2 aromatic carbocycles. The van der Waals surface area contributed by atoms with E-state index in [1.165, 1.54) is 10.6 Å².